The van der Waals surface area contributed by atoms with Crippen LogP contribution in [0.4, 0.5) is 0 Å². The van der Waals surface area contributed by atoms with Gasteiger partial charge in [0.25, 0.3) is 0 Å². The SMILES string of the molecule is O=C(c1ccc(I)cc1)c1cc(C2CC3CC4CCC2C(C4)C3)ccc1O. The molecule has 3 aliphatic rings. The average molecular weight is 472 g/mol. The van der Waals surface area contributed by atoms with Gasteiger partial charge in [0.1, 0.15) is 5.75 Å². The van der Waals surface area contributed by atoms with Crippen molar-refractivity contribution in [3.63, 3.8) is 0 Å². The van der Waals surface area contributed by atoms with E-state index in [4.69, 9.17) is 0 Å². The molecule has 3 heteroatoms. The molecule has 2 aromatic rings. The van der Waals surface area contributed by atoms with Crippen LogP contribution < -0.4 is 0 Å². The van der Waals surface area contributed by atoms with E-state index in [9.17, 15) is 9.90 Å². The minimum Gasteiger partial charge on any atom is -0.507 e. The molecule has 140 valence electrons. The molecule has 3 fully saturated rings. The van der Waals surface area contributed by atoms with Crippen molar-refractivity contribution in [2.45, 2.75) is 44.4 Å². The van der Waals surface area contributed by atoms with E-state index in [0.29, 0.717) is 17.0 Å². The number of phenols is 1. The second-order valence-corrected chi connectivity index (χ2v) is 10.1. The molecule has 27 heavy (non-hydrogen) atoms. The quantitative estimate of drug-likeness (QED) is 0.429. The minimum absolute atomic E-state index is 0.0783. The Balaban J connectivity index is 1.48. The number of rotatable bonds is 3. The van der Waals surface area contributed by atoms with E-state index >= 15 is 0 Å². The van der Waals surface area contributed by atoms with Crippen molar-refractivity contribution in [3.05, 3.63) is 62.7 Å². The Morgan fingerprint density at radius 3 is 2.52 bits per heavy atom. The molecule has 5 unspecified atom stereocenters. The van der Waals surface area contributed by atoms with Crippen LogP contribution in [0.3, 0.4) is 0 Å². The maximum Gasteiger partial charge on any atom is 0.196 e. The summed E-state index contributed by atoms with van der Waals surface area (Å²) < 4.78 is 1.10. The van der Waals surface area contributed by atoms with Gasteiger partial charge >= 0.3 is 0 Å². The normalized spacial score (nSPS) is 31.7. The van der Waals surface area contributed by atoms with Gasteiger partial charge in [-0.1, -0.05) is 12.5 Å². The maximum atomic E-state index is 13.0. The number of aromatic hydroxyl groups is 1. The van der Waals surface area contributed by atoms with E-state index in [1.54, 1.807) is 6.07 Å². The second-order valence-electron chi connectivity index (χ2n) is 8.90. The summed E-state index contributed by atoms with van der Waals surface area (Å²) in [6.07, 6.45) is 8.24. The molecular weight excluding hydrogens is 447 g/mol. The number of hydrogen-bond acceptors (Lipinski definition) is 2. The zero-order valence-electron chi connectivity index (χ0n) is 15.4. The largest absolute Gasteiger partial charge is 0.507 e. The molecule has 0 amide bonds. The van der Waals surface area contributed by atoms with Crippen LogP contribution in [0.5, 0.6) is 5.75 Å². The predicted octanol–water partition coefficient (Wildman–Crippen LogP) is 6.16. The zero-order valence-corrected chi connectivity index (χ0v) is 17.6. The van der Waals surface area contributed by atoms with Crippen molar-refractivity contribution in [1.82, 2.24) is 0 Å². The van der Waals surface area contributed by atoms with Crippen LogP contribution in [0, 0.1) is 27.2 Å². The Bertz CT molecular complexity index is 866. The standard InChI is InChI=1S/C24H25IO2/c25-19-5-2-16(3-6-19)24(27)22-13-17(4-8-23(22)26)21-12-15-9-14-1-7-20(21)18(10-14)11-15/h2-6,8,13-15,18,20-21,26H,1,7,9-12H2. The van der Waals surface area contributed by atoms with Crippen LogP contribution >= 0.6 is 22.6 Å². The van der Waals surface area contributed by atoms with E-state index in [1.807, 2.05) is 30.3 Å². The number of carbonyl (C=O) groups excluding carboxylic acids is 1. The van der Waals surface area contributed by atoms with Crippen molar-refractivity contribution >= 4 is 28.4 Å². The number of hydrogen-bond donors (Lipinski definition) is 1. The van der Waals surface area contributed by atoms with Crippen LogP contribution in [-0.2, 0) is 0 Å². The highest BCUT2D eigenvalue weighted by molar-refractivity contribution is 14.1. The van der Waals surface area contributed by atoms with Crippen molar-refractivity contribution in [2.24, 2.45) is 23.7 Å². The first kappa shape index (κ1) is 17.7. The lowest BCUT2D eigenvalue weighted by molar-refractivity contribution is 0.0152. The van der Waals surface area contributed by atoms with E-state index in [-0.39, 0.29) is 11.5 Å². The molecule has 3 bridgehead atoms. The van der Waals surface area contributed by atoms with Crippen molar-refractivity contribution in [1.29, 1.82) is 0 Å². The number of ketones is 1. The third-order valence-corrected chi connectivity index (χ3v) is 8.08. The summed E-state index contributed by atoms with van der Waals surface area (Å²) in [6, 6.07) is 13.4. The van der Waals surface area contributed by atoms with Gasteiger partial charge in [-0.15, -0.1) is 0 Å². The molecule has 0 aromatic heterocycles. The van der Waals surface area contributed by atoms with E-state index in [0.717, 1.165) is 27.2 Å². The van der Waals surface area contributed by atoms with Gasteiger partial charge in [-0.25, -0.2) is 0 Å². The first-order chi connectivity index (χ1) is 13.1. The molecular formula is C24H25IO2. The van der Waals surface area contributed by atoms with E-state index in [1.165, 1.54) is 44.1 Å². The van der Waals surface area contributed by atoms with Crippen LogP contribution in [-0.4, -0.2) is 10.9 Å². The van der Waals surface area contributed by atoms with Gasteiger partial charge in [-0.2, -0.15) is 0 Å². The number of carbonyl (C=O) groups is 1. The third-order valence-electron chi connectivity index (χ3n) is 7.36. The fraction of sp³-hybridized carbons (Fsp3) is 0.458. The molecule has 0 spiro atoms. The lowest BCUT2D eigenvalue weighted by Crippen LogP contribution is -2.41. The van der Waals surface area contributed by atoms with Crippen molar-refractivity contribution in [3.8, 4) is 5.75 Å². The van der Waals surface area contributed by atoms with Gasteiger partial charge in [0.05, 0.1) is 5.56 Å². The highest BCUT2D eigenvalue weighted by atomic mass is 127. The average Bonchev–Trinajstić information content (AvgIpc) is 2.66. The molecule has 2 aromatic carbocycles. The third kappa shape index (κ3) is 3.22. The first-order valence-corrected chi connectivity index (χ1v) is 11.3. The van der Waals surface area contributed by atoms with Gasteiger partial charge in [0, 0.05) is 9.13 Å². The number of halogens is 1. The predicted molar refractivity (Wildman–Crippen MR) is 115 cm³/mol. The Kier molecular flexibility index (Phi) is 4.53. The smallest absolute Gasteiger partial charge is 0.196 e. The van der Waals surface area contributed by atoms with Gasteiger partial charge in [-0.05, 0) is 126 Å². The van der Waals surface area contributed by atoms with Crippen molar-refractivity contribution < 1.29 is 9.90 Å². The first-order valence-electron chi connectivity index (χ1n) is 10.2. The zero-order chi connectivity index (χ0) is 18.5. The lowest BCUT2D eigenvalue weighted by Gasteiger charge is -2.52. The Hall–Kier alpha value is -1.36. The van der Waals surface area contributed by atoms with Gasteiger partial charge < -0.3 is 5.11 Å². The summed E-state index contributed by atoms with van der Waals surface area (Å²) in [6.45, 7) is 0. The fourth-order valence-corrected chi connectivity index (χ4v) is 6.59. The lowest BCUT2D eigenvalue weighted by atomic mass is 9.53. The van der Waals surface area contributed by atoms with Gasteiger partial charge in [0.2, 0.25) is 0 Å². The van der Waals surface area contributed by atoms with Gasteiger partial charge in [-0.3, -0.25) is 4.79 Å². The van der Waals surface area contributed by atoms with Crippen LogP contribution in [0.25, 0.3) is 0 Å². The number of phenolic OH excluding ortho intramolecular Hbond substituents is 1. The monoisotopic (exact) mass is 472 g/mol. The van der Waals surface area contributed by atoms with Crippen molar-refractivity contribution in [2.75, 3.05) is 0 Å². The molecule has 0 aliphatic heterocycles. The summed E-state index contributed by atoms with van der Waals surface area (Å²) in [5, 5.41) is 10.4. The molecule has 0 heterocycles. The minimum atomic E-state index is -0.0783. The van der Waals surface area contributed by atoms with Crippen LogP contribution in [0.15, 0.2) is 42.5 Å². The topological polar surface area (TPSA) is 37.3 Å². The van der Waals surface area contributed by atoms with Gasteiger partial charge in [0.15, 0.2) is 5.78 Å². The highest BCUT2D eigenvalue weighted by Gasteiger charge is 2.46. The molecule has 0 saturated heterocycles. The molecule has 3 saturated carbocycles. The summed E-state index contributed by atoms with van der Waals surface area (Å²) in [5.41, 5.74) is 2.36. The Labute approximate surface area is 174 Å². The summed E-state index contributed by atoms with van der Waals surface area (Å²) in [7, 11) is 0. The number of fused-ring (bicyclic) bond motifs is 2. The molecule has 2 nitrogen and oxygen atoms in total. The van der Waals surface area contributed by atoms with E-state index < -0.39 is 0 Å². The summed E-state index contributed by atoms with van der Waals surface area (Å²) in [5.74, 6) is 4.06. The summed E-state index contributed by atoms with van der Waals surface area (Å²) in [4.78, 5) is 13.0. The fourth-order valence-electron chi connectivity index (χ4n) is 6.23. The van der Waals surface area contributed by atoms with Crippen LogP contribution in [0.2, 0.25) is 0 Å². The van der Waals surface area contributed by atoms with Crippen LogP contribution in [0.1, 0.15) is 65.9 Å². The molecule has 0 radical (unpaired) electrons. The maximum absolute atomic E-state index is 13.0. The molecule has 1 N–H and O–H groups in total. The Morgan fingerprint density at radius 1 is 0.926 bits per heavy atom. The Morgan fingerprint density at radius 2 is 1.70 bits per heavy atom. The highest BCUT2D eigenvalue weighted by Crippen LogP contribution is 2.57. The van der Waals surface area contributed by atoms with E-state index in [2.05, 4.69) is 28.7 Å². The molecule has 5 rings (SSSR count). The molecule has 3 aliphatic carbocycles. The summed E-state index contributed by atoms with van der Waals surface area (Å²) >= 11 is 2.24. The number of benzene rings is 2. The second kappa shape index (κ2) is 6.91. The molecule has 5 atom stereocenters.